The molecule has 1 aromatic carbocycles. The van der Waals surface area contributed by atoms with Crippen LogP contribution in [-0.2, 0) is 14.8 Å². The van der Waals surface area contributed by atoms with E-state index in [1.807, 2.05) is 0 Å². The fourth-order valence-corrected chi connectivity index (χ4v) is 4.02. The van der Waals surface area contributed by atoms with Crippen molar-refractivity contribution < 1.29 is 17.9 Å². The lowest BCUT2D eigenvalue weighted by molar-refractivity contribution is -0.122. The van der Waals surface area contributed by atoms with Crippen LogP contribution >= 0.6 is 0 Å². The summed E-state index contributed by atoms with van der Waals surface area (Å²) in [6.45, 7) is 0.321. The van der Waals surface area contributed by atoms with Crippen LogP contribution in [-0.4, -0.2) is 38.3 Å². The molecule has 6 nitrogen and oxygen atoms in total. The molecule has 1 aliphatic rings. The van der Waals surface area contributed by atoms with Crippen molar-refractivity contribution in [3.8, 4) is 5.75 Å². The van der Waals surface area contributed by atoms with Crippen LogP contribution in [0.2, 0.25) is 0 Å². The molecule has 0 spiro atoms. The Balaban J connectivity index is 2.34. The second-order valence-electron chi connectivity index (χ2n) is 4.71. The van der Waals surface area contributed by atoms with Gasteiger partial charge in [0, 0.05) is 6.54 Å². The van der Waals surface area contributed by atoms with E-state index in [0.717, 1.165) is 12.8 Å². The fourth-order valence-electron chi connectivity index (χ4n) is 2.36. The highest BCUT2D eigenvalue weighted by atomic mass is 32.2. The van der Waals surface area contributed by atoms with E-state index in [1.54, 1.807) is 12.1 Å². The second-order valence-corrected chi connectivity index (χ2v) is 6.60. The normalized spacial score (nSPS) is 20.6. The van der Waals surface area contributed by atoms with E-state index in [0.29, 0.717) is 18.7 Å². The monoisotopic (exact) mass is 298 g/mol. The molecule has 1 saturated heterocycles. The Bertz CT molecular complexity index is 583. The lowest BCUT2D eigenvalue weighted by Crippen LogP contribution is -2.50. The van der Waals surface area contributed by atoms with Crippen LogP contribution in [0.25, 0.3) is 0 Å². The topological polar surface area (TPSA) is 89.7 Å². The predicted octanol–water partition coefficient (Wildman–Crippen LogP) is 0.724. The largest absolute Gasteiger partial charge is 0.497 e. The third-order valence-electron chi connectivity index (χ3n) is 3.45. The number of methoxy groups -OCH3 is 1. The summed E-state index contributed by atoms with van der Waals surface area (Å²) in [4.78, 5) is 11.6. The number of benzene rings is 1. The molecule has 0 aromatic heterocycles. The SMILES string of the molecule is COc1ccc(S(=O)(=O)N2CCCC[C@H]2C(N)=O)cc1. The number of carbonyl (C=O) groups is 1. The smallest absolute Gasteiger partial charge is 0.243 e. The van der Waals surface area contributed by atoms with Crippen LogP contribution in [0, 0.1) is 0 Å². The average molecular weight is 298 g/mol. The molecular formula is C13H18N2O4S. The van der Waals surface area contributed by atoms with E-state index in [1.165, 1.54) is 23.5 Å². The summed E-state index contributed by atoms with van der Waals surface area (Å²) in [6.07, 6.45) is 2.02. The first-order chi connectivity index (χ1) is 9.46. The molecule has 20 heavy (non-hydrogen) atoms. The highest BCUT2D eigenvalue weighted by Gasteiger charge is 2.36. The molecule has 0 bridgehead atoms. The summed E-state index contributed by atoms with van der Waals surface area (Å²) in [5.41, 5.74) is 5.31. The number of ether oxygens (including phenoxy) is 1. The van der Waals surface area contributed by atoms with E-state index in [2.05, 4.69) is 0 Å². The van der Waals surface area contributed by atoms with Crippen LogP contribution in [0.5, 0.6) is 5.75 Å². The Morgan fingerprint density at radius 1 is 1.30 bits per heavy atom. The zero-order valence-corrected chi connectivity index (χ0v) is 12.1. The molecule has 1 atom stereocenters. The molecule has 0 aliphatic carbocycles. The molecule has 1 amide bonds. The lowest BCUT2D eigenvalue weighted by atomic mass is 10.0. The van der Waals surface area contributed by atoms with Gasteiger partial charge in [-0.3, -0.25) is 4.79 Å². The number of carbonyl (C=O) groups excluding carboxylic acids is 1. The number of sulfonamides is 1. The Kier molecular flexibility index (Phi) is 4.29. The number of primary amides is 1. The van der Waals surface area contributed by atoms with Gasteiger partial charge in [0.25, 0.3) is 0 Å². The van der Waals surface area contributed by atoms with E-state index in [-0.39, 0.29) is 4.90 Å². The fraction of sp³-hybridized carbons (Fsp3) is 0.462. The van der Waals surface area contributed by atoms with Crippen LogP contribution in [0.15, 0.2) is 29.2 Å². The van der Waals surface area contributed by atoms with Crippen molar-refractivity contribution in [1.82, 2.24) is 4.31 Å². The van der Waals surface area contributed by atoms with Gasteiger partial charge < -0.3 is 10.5 Å². The molecule has 7 heteroatoms. The molecule has 0 unspecified atom stereocenters. The number of piperidine rings is 1. The predicted molar refractivity (Wildman–Crippen MR) is 73.7 cm³/mol. The number of hydrogen-bond donors (Lipinski definition) is 1. The molecule has 1 heterocycles. The van der Waals surface area contributed by atoms with Gasteiger partial charge >= 0.3 is 0 Å². The van der Waals surface area contributed by atoms with Crippen LogP contribution in [0.1, 0.15) is 19.3 Å². The van der Waals surface area contributed by atoms with Gasteiger partial charge in [0.15, 0.2) is 0 Å². The van der Waals surface area contributed by atoms with Gasteiger partial charge in [0.05, 0.1) is 12.0 Å². The van der Waals surface area contributed by atoms with Crippen molar-refractivity contribution in [3.05, 3.63) is 24.3 Å². The summed E-state index contributed by atoms with van der Waals surface area (Å²) in [5, 5.41) is 0. The standard InChI is InChI=1S/C13H18N2O4S/c1-19-10-5-7-11(8-6-10)20(17,18)15-9-3-2-4-12(15)13(14)16/h5-8,12H,2-4,9H2,1H3,(H2,14,16)/t12-/m0/s1. The third kappa shape index (κ3) is 2.78. The maximum atomic E-state index is 12.6. The van der Waals surface area contributed by atoms with Gasteiger partial charge in [-0.2, -0.15) is 4.31 Å². The third-order valence-corrected chi connectivity index (χ3v) is 5.37. The number of nitrogens with two attached hydrogens (primary N) is 1. The average Bonchev–Trinajstić information content (AvgIpc) is 2.47. The Hall–Kier alpha value is -1.60. The highest BCUT2D eigenvalue weighted by Crippen LogP contribution is 2.26. The number of hydrogen-bond acceptors (Lipinski definition) is 4. The maximum Gasteiger partial charge on any atom is 0.243 e. The molecule has 110 valence electrons. The van der Waals surface area contributed by atoms with Crippen molar-refractivity contribution in [2.75, 3.05) is 13.7 Å². The minimum Gasteiger partial charge on any atom is -0.497 e. The molecule has 2 rings (SSSR count). The lowest BCUT2D eigenvalue weighted by Gasteiger charge is -2.32. The first kappa shape index (κ1) is 14.8. The Morgan fingerprint density at radius 3 is 2.50 bits per heavy atom. The first-order valence-electron chi connectivity index (χ1n) is 6.42. The highest BCUT2D eigenvalue weighted by molar-refractivity contribution is 7.89. The van der Waals surface area contributed by atoms with Gasteiger partial charge in [-0.1, -0.05) is 6.42 Å². The van der Waals surface area contributed by atoms with Crippen LogP contribution in [0.3, 0.4) is 0 Å². The molecule has 0 radical (unpaired) electrons. The van der Waals surface area contributed by atoms with Crippen LogP contribution in [0.4, 0.5) is 0 Å². The maximum absolute atomic E-state index is 12.6. The summed E-state index contributed by atoms with van der Waals surface area (Å²) < 4.78 is 31.4. The van der Waals surface area contributed by atoms with E-state index >= 15 is 0 Å². The second kappa shape index (κ2) is 5.80. The van der Waals surface area contributed by atoms with Crippen molar-refractivity contribution in [1.29, 1.82) is 0 Å². The van der Waals surface area contributed by atoms with Crippen molar-refractivity contribution in [3.63, 3.8) is 0 Å². The van der Waals surface area contributed by atoms with E-state index in [4.69, 9.17) is 10.5 Å². The van der Waals surface area contributed by atoms with Gasteiger partial charge in [-0.05, 0) is 37.1 Å². The van der Waals surface area contributed by atoms with Gasteiger partial charge in [-0.25, -0.2) is 8.42 Å². The zero-order valence-electron chi connectivity index (χ0n) is 11.3. The molecule has 1 fully saturated rings. The number of rotatable bonds is 4. The quantitative estimate of drug-likeness (QED) is 0.887. The summed E-state index contributed by atoms with van der Waals surface area (Å²) in [7, 11) is -2.19. The summed E-state index contributed by atoms with van der Waals surface area (Å²) >= 11 is 0. The van der Waals surface area contributed by atoms with Gasteiger partial charge in [0.2, 0.25) is 15.9 Å². The Morgan fingerprint density at radius 2 is 1.95 bits per heavy atom. The zero-order chi connectivity index (χ0) is 14.8. The summed E-state index contributed by atoms with van der Waals surface area (Å²) in [6, 6.07) is 5.35. The van der Waals surface area contributed by atoms with E-state index < -0.39 is 22.0 Å². The minimum atomic E-state index is -3.70. The molecular weight excluding hydrogens is 280 g/mol. The summed E-state index contributed by atoms with van der Waals surface area (Å²) in [5.74, 6) is -0.0177. The van der Waals surface area contributed by atoms with Crippen molar-refractivity contribution in [2.24, 2.45) is 5.73 Å². The van der Waals surface area contributed by atoms with Gasteiger partial charge in [0.1, 0.15) is 11.8 Å². The first-order valence-corrected chi connectivity index (χ1v) is 7.86. The minimum absolute atomic E-state index is 0.145. The van der Waals surface area contributed by atoms with E-state index in [9.17, 15) is 13.2 Å². The molecule has 1 aliphatic heterocycles. The number of nitrogens with zero attached hydrogens (tertiary/aromatic N) is 1. The molecule has 2 N–H and O–H groups in total. The van der Waals surface area contributed by atoms with Crippen molar-refractivity contribution in [2.45, 2.75) is 30.2 Å². The van der Waals surface area contributed by atoms with Crippen LogP contribution < -0.4 is 10.5 Å². The number of amides is 1. The Labute approximate surface area is 118 Å². The van der Waals surface area contributed by atoms with Crippen molar-refractivity contribution >= 4 is 15.9 Å². The van der Waals surface area contributed by atoms with Gasteiger partial charge in [-0.15, -0.1) is 0 Å². The molecule has 1 aromatic rings. The molecule has 0 saturated carbocycles.